The maximum Gasteiger partial charge on any atom is 0.161 e. The van der Waals surface area contributed by atoms with E-state index in [1.54, 1.807) is 19.5 Å². The van der Waals surface area contributed by atoms with Crippen LogP contribution in [0.1, 0.15) is 17.7 Å². The lowest BCUT2D eigenvalue weighted by molar-refractivity contribution is 0.414. The predicted molar refractivity (Wildman–Crippen MR) is 113 cm³/mol. The van der Waals surface area contributed by atoms with E-state index in [4.69, 9.17) is 26.3 Å². The average molecular weight is 390 g/mol. The second kappa shape index (κ2) is 8.36. The number of aryl methyl sites for hydroxylation is 2. The maximum absolute atomic E-state index is 6.23. The van der Waals surface area contributed by atoms with Crippen LogP contribution in [0.2, 0.25) is 5.02 Å². The van der Waals surface area contributed by atoms with Gasteiger partial charge in [-0.25, -0.2) is 9.97 Å². The molecule has 0 saturated carbocycles. The fourth-order valence-electron chi connectivity index (χ4n) is 3.23. The van der Waals surface area contributed by atoms with Crippen LogP contribution in [0.25, 0.3) is 22.3 Å². The molecule has 0 atom stereocenters. The summed E-state index contributed by atoms with van der Waals surface area (Å²) < 4.78 is 5.22. The number of halogens is 1. The number of benzene rings is 2. The number of pyridine rings is 1. The molecule has 5 heteroatoms. The van der Waals surface area contributed by atoms with E-state index in [0.717, 1.165) is 47.2 Å². The van der Waals surface area contributed by atoms with Crippen molar-refractivity contribution in [2.75, 3.05) is 7.11 Å². The summed E-state index contributed by atoms with van der Waals surface area (Å²) in [5, 5.41) is 1.71. The minimum absolute atomic E-state index is 0.696. The lowest BCUT2D eigenvalue weighted by atomic mass is 10.0. The summed E-state index contributed by atoms with van der Waals surface area (Å²) in [5.41, 5.74) is 4.11. The van der Waals surface area contributed by atoms with Crippen LogP contribution in [0.15, 0.2) is 67.0 Å². The van der Waals surface area contributed by atoms with E-state index >= 15 is 0 Å². The number of hydrogen-bond donors (Lipinski definition) is 0. The van der Waals surface area contributed by atoms with Crippen LogP contribution in [-0.2, 0) is 12.8 Å². The number of rotatable bonds is 6. The van der Waals surface area contributed by atoms with Crippen molar-refractivity contribution >= 4 is 22.5 Å². The third-order valence-corrected chi connectivity index (χ3v) is 4.93. The summed E-state index contributed by atoms with van der Waals surface area (Å²) in [6.07, 6.45) is 6.34. The first-order valence-corrected chi connectivity index (χ1v) is 9.60. The minimum atomic E-state index is 0.696. The average Bonchev–Trinajstić information content (AvgIpc) is 2.75. The quantitative estimate of drug-likeness (QED) is 0.435. The van der Waals surface area contributed by atoms with E-state index in [-0.39, 0.29) is 0 Å². The molecule has 0 aliphatic carbocycles. The normalized spacial score (nSPS) is 10.9. The minimum Gasteiger partial charge on any atom is -0.497 e. The third kappa shape index (κ3) is 4.12. The molecule has 140 valence electrons. The molecule has 0 amide bonds. The standard InChI is InChI=1S/C23H20ClN3O/c1-28-19-10-7-16(8-11-19)4-2-6-21-20-14-18(24)9-12-22(20)27-23(26-21)17-5-3-13-25-15-17/h3,5,7-15H,2,4,6H2,1H3. The molecule has 4 rings (SSSR count). The Balaban J connectivity index is 1.61. The number of aromatic nitrogens is 3. The molecule has 0 bridgehead atoms. The van der Waals surface area contributed by atoms with Gasteiger partial charge in [-0.1, -0.05) is 23.7 Å². The monoisotopic (exact) mass is 389 g/mol. The second-order valence-corrected chi connectivity index (χ2v) is 7.04. The van der Waals surface area contributed by atoms with Crippen molar-refractivity contribution in [1.82, 2.24) is 15.0 Å². The number of hydrogen-bond acceptors (Lipinski definition) is 4. The predicted octanol–water partition coefficient (Wildman–Crippen LogP) is 5.53. The van der Waals surface area contributed by atoms with Gasteiger partial charge >= 0.3 is 0 Å². The van der Waals surface area contributed by atoms with Gasteiger partial charge in [-0.15, -0.1) is 0 Å². The zero-order valence-electron chi connectivity index (χ0n) is 15.6. The van der Waals surface area contributed by atoms with Gasteiger partial charge in [0.2, 0.25) is 0 Å². The van der Waals surface area contributed by atoms with Gasteiger partial charge in [0.15, 0.2) is 5.82 Å². The summed E-state index contributed by atoms with van der Waals surface area (Å²) >= 11 is 6.23. The van der Waals surface area contributed by atoms with Crippen LogP contribution in [0.5, 0.6) is 5.75 Å². The number of methoxy groups -OCH3 is 1. The number of fused-ring (bicyclic) bond motifs is 1. The van der Waals surface area contributed by atoms with Crippen molar-refractivity contribution in [3.8, 4) is 17.1 Å². The molecule has 2 heterocycles. The van der Waals surface area contributed by atoms with Crippen LogP contribution < -0.4 is 4.74 Å². The van der Waals surface area contributed by atoms with Gasteiger partial charge in [0.05, 0.1) is 18.3 Å². The van der Waals surface area contributed by atoms with E-state index in [0.29, 0.717) is 10.8 Å². The van der Waals surface area contributed by atoms with Crippen molar-refractivity contribution in [3.63, 3.8) is 0 Å². The molecule has 2 aromatic heterocycles. The fourth-order valence-corrected chi connectivity index (χ4v) is 3.40. The summed E-state index contributed by atoms with van der Waals surface area (Å²) in [7, 11) is 1.68. The Morgan fingerprint density at radius 3 is 2.57 bits per heavy atom. The fraction of sp³-hybridized carbons (Fsp3) is 0.174. The van der Waals surface area contributed by atoms with Gasteiger partial charge in [-0.2, -0.15) is 0 Å². The third-order valence-electron chi connectivity index (χ3n) is 4.69. The van der Waals surface area contributed by atoms with Gasteiger partial charge in [0.1, 0.15) is 5.75 Å². The first-order valence-electron chi connectivity index (χ1n) is 9.22. The van der Waals surface area contributed by atoms with Crippen LogP contribution in [0, 0.1) is 0 Å². The highest BCUT2D eigenvalue weighted by atomic mass is 35.5. The highest BCUT2D eigenvalue weighted by molar-refractivity contribution is 6.31. The number of nitrogens with zero attached hydrogens (tertiary/aromatic N) is 3. The van der Waals surface area contributed by atoms with E-state index in [2.05, 4.69) is 17.1 Å². The summed E-state index contributed by atoms with van der Waals surface area (Å²) in [6, 6.07) is 17.8. The molecular weight excluding hydrogens is 370 g/mol. The van der Waals surface area contributed by atoms with E-state index in [1.807, 2.05) is 42.5 Å². The van der Waals surface area contributed by atoms with Gasteiger partial charge < -0.3 is 4.74 Å². The molecule has 0 aliphatic heterocycles. The highest BCUT2D eigenvalue weighted by Gasteiger charge is 2.10. The molecule has 0 radical (unpaired) electrons. The SMILES string of the molecule is COc1ccc(CCCc2nc(-c3cccnc3)nc3ccc(Cl)cc23)cc1. The van der Waals surface area contributed by atoms with Gasteiger partial charge in [-0.3, -0.25) is 4.98 Å². The zero-order valence-corrected chi connectivity index (χ0v) is 16.4. The van der Waals surface area contributed by atoms with Crippen molar-refractivity contribution in [2.24, 2.45) is 0 Å². The van der Waals surface area contributed by atoms with E-state index < -0.39 is 0 Å². The Kier molecular flexibility index (Phi) is 5.49. The van der Waals surface area contributed by atoms with Crippen LogP contribution in [0.3, 0.4) is 0 Å². The van der Waals surface area contributed by atoms with E-state index in [1.165, 1.54) is 5.56 Å². The lowest BCUT2D eigenvalue weighted by Crippen LogP contribution is -2.00. The summed E-state index contributed by atoms with van der Waals surface area (Å²) in [4.78, 5) is 13.7. The first-order chi connectivity index (χ1) is 13.7. The van der Waals surface area contributed by atoms with Gasteiger partial charge in [0, 0.05) is 28.4 Å². The smallest absolute Gasteiger partial charge is 0.161 e. The van der Waals surface area contributed by atoms with Crippen molar-refractivity contribution in [1.29, 1.82) is 0 Å². The number of ether oxygens (including phenoxy) is 1. The van der Waals surface area contributed by atoms with Crippen molar-refractivity contribution in [3.05, 3.63) is 83.3 Å². The lowest BCUT2D eigenvalue weighted by Gasteiger charge is -2.10. The van der Waals surface area contributed by atoms with E-state index in [9.17, 15) is 0 Å². The Morgan fingerprint density at radius 2 is 1.82 bits per heavy atom. The maximum atomic E-state index is 6.23. The molecule has 28 heavy (non-hydrogen) atoms. The van der Waals surface area contributed by atoms with Gasteiger partial charge in [-0.05, 0) is 67.3 Å². The van der Waals surface area contributed by atoms with Crippen LogP contribution in [-0.4, -0.2) is 22.1 Å². The molecule has 4 aromatic rings. The summed E-state index contributed by atoms with van der Waals surface area (Å²) in [6.45, 7) is 0. The molecule has 0 unspecified atom stereocenters. The Morgan fingerprint density at radius 1 is 0.964 bits per heavy atom. The highest BCUT2D eigenvalue weighted by Crippen LogP contribution is 2.25. The Bertz CT molecular complexity index is 1080. The zero-order chi connectivity index (χ0) is 19.3. The molecule has 0 aliphatic rings. The molecule has 0 saturated heterocycles. The Hall–Kier alpha value is -2.98. The molecular formula is C23H20ClN3O. The second-order valence-electron chi connectivity index (χ2n) is 6.60. The molecule has 4 nitrogen and oxygen atoms in total. The molecule has 2 aromatic carbocycles. The van der Waals surface area contributed by atoms with Crippen molar-refractivity contribution in [2.45, 2.75) is 19.3 Å². The summed E-state index contributed by atoms with van der Waals surface area (Å²) in [5.74, 6) is 1.57. The molecule has 0 fully saturated rings. The van der Waals surface area contributed by atoms with Crippen LogP contribution in [0.4, 0.5) is 0 Å². The van der Waals surface area contributed by atoms with Crippen molar-refractivity contribution < 1.29 is 4.74 Å². The van der Waals surface area contributed by atoms with Crippen LogP contribution >= 0.6 is 11.6 Å². The topological polar surface area (TPSA) is 47.9 Å². The molecule has 0 N–H and O–H groups in total. The Labute approximate surface area is 169 Å². The first kappa shape index (κ1) is 18.4. The largest absolute Gasteiger partial charge is 0.497 e. The molecule has 0 spiro atoms. The van der Waals surface area contributed by atoms with Gasteiger partial charge in [0.25, 0.3) is 0 Å².